The first kappa shape index (κ1) is 48.0. The number of hydrogen-bond acceptors (Lipinski definition) is 8. The number of carbonyl (C=O) groups is 3. The molecule has 0 spiro atoms. The summed E-state index contributed by atoms with van der Waals surface area (Å²) in [5, 5.41) is 4.67. The maximum Gasteiger partial charge on any atom is 0.310 e. The number of likely N-dealkylation sites (tertiary alicyclic amines) is 1. The summed E-state index contributed by atoms with van der Waals surface area (Å²) in [6.45, 7) is 16.8. The molecule has 342 valence electrons. The van der Waals surface area contributed by atoms with Gasteiger partial charge in [0.25, 0.3) is 0 Å². The van der Waals surface area contributed by atoms with Gasteiger partial charge in [0.2, 0.25) is 0 Å². The fourth-order valence-corrected chi connectivity index (χ4v) is 9.71. The fraction of sp³-hybridized carbons (Fsp3) is 0.582. The Morgan fingerprint density at radius 1 is 0.587 bits per heavy atom. The quantitative estimate of drug-likeness (QED) is 0.109. The van der Waals surface area contributed by atoms with Crippen LogP contribution in [0.25, 0.3) is 21.5 Å². The van der Waals surface area contributed by atoms with Crippen LogP contribution >= 0.6 is 0 Å². The van der Waals surface area contributed by atoms with Crippen molar-refractivity contribution in [2.45, 2.75) is 157 Å². The lowest BCUT2D eigenvalue weighted by Gasteiger charge is -2.34. The van der Waals surface area contributed by atoms with E-state index >= 15 is 0 Å². The zero-order valence-electron chi connectivity index (χ0n) is 39.3. The average Bonchev–Trinajstić information content (AvgIpc) is 3.28. The minimum absolute atomic E-state index is 0.0132. The van der Waals surface area contributed by atoms with E-state index in [0.717, 1.165) is 99.6 Å². The molecule has 0 aromatic heterocycles. The number of esters is 2. The third kappa shape index (κ3) is 14.8. The van der Waals surface area contributed by atoms with Gasteiger partial charge in [0, 0.05) is 18.7 Å². The number of fused-ring (bicyclic) bond motifs is 2. The lowest BCUT2D eigenvalue weighted by Crippen LogP contribution is -2.38. The zero-order chi connectivity index (χ0) is 44.8. The van der Waals surface area contributed by atoms with Gasteiger partial charge in [0.1, 0.15) is 17.8 Å². The maximum atomic E-state index is 12.1. The molecule has 8 nitrogen and oxygen atoms in total. The lowest BCUT2D eigenvalue weighted by molar-refractivity contribution is -0.150. The van der Waals surface area contributed by atoms with Crippen LogP contribution in [0.5, 0.6) is 11.5 Å². The Morgan fingerprint density at radius 2 is 1.06 bits per heavy atom. The van der Waals surface area contributed by atoms with E-state index < -0.39 is 0 Å². The van der Waals surface area contributed by atoms with Crippen LogP contribution in [-0.2, 0) is 25.6 Å². The summed E-state index contributed by atoms with van der Waals surface area (Å²) in [4.78, 5) is 36.5. The predicted octanol–water partition coefficient (Wildman–Crippen LogP) is 13.1. The SMILES string of the molecule is CC1(C)CCC(Oc2ccc3cc(C=O)ccc3c2)CC1.CCOC(=O)C1CCCCC1.CCOC(=O)C1CCCN(Cc2ccc3cc(OC4CCC(C)(C)CC4)ccc3c2)C1. The molecule has 0 radical (unpaired) electrons. The first-order valence-corrected chi connectivity index (χ1v) is 24.2. The maximum absolute atomic E-state index is 12.1. The first-order chi connectivity index (χ1) is 30.3. The van der Waals surface area contributed by atoms with Gasteiger partial charge in [0.15, 0.2) is 0 Å². The van der Waals surface area contributed by atoms with Crippen molar-refractivity contribution < 1.29 is 33.3 Å². The minimum atomic E-state index is -0.0419. The summed E-state index contributed by atoms with van der Waals surface area (Å²) in [5.74, 6) is 2.12. The Kier molecular flexibility index (Phi) is 17.5. The van der Waals surface area contributed by atoms with Gasteiger partial charge in [-0.05, 0) is 172 Å². The molecule has 0 amide bonds. The van der Waals surface area contributed by atoms with E-state index in [2.05, 4.69) is 75.1 Å². The summed E-state index contributed by atoms with van der Waals surface area (Å²) >= 11 is 0. The fourth-order valence-electron chi connectivity index (χ4n) is 9.71. The van der Waals surface area contributed by atoms with Crippen molar-refractivity contribution in [2.75, 3.05) is 26.3 Å². The van der Waals surface area contributed by atoms with Gasteiger partial charge in [-0.15, -0.1) is 0 Å². The molecule has 63 heavy (non-hydrogen) atoms. The monoisotopic (exact) mass is 862 g/mol. The zero-order valence-corrected chi connectivity index (χ0v) is 39.3. The van der Waals surface area contributed by atoms with Crippen molar-refractivity contribution in [2.24, 2.45) is 22.7 Å². The van der Waals surface area contributed by atoms with Crippen LogP contribution < -0.4 is 9.47 Å². The molecule has 3 aliphatic carbocycles. The Morgan fingerprint density at radius 3 is 1.60 bits per heavy atom. The highest BCUT2D eigenvalue weighted by molar-refractivity contribution is 5.89. The normalized spacial score (nSPS) is 20.6. The van der Waals surface area contributed by atoms with Crippen LogP contribution in [0.1, 0.15) is 154 Å². The van der Waals surface area contributed by atoms with Crippen molar-refractivity contribution in [3.8, 4) is 11.5 Å². The van der Waals surface area contributed by atoms with E-state index in [0.29, 0.717) is 41.8 Å². The molecular formula is C55H75NO7. The molecule has 3 saturated carbocycles. The highest BCUT2D eigenvalue weighted by Gasteiger charge is 2.30. The summed E-state index contributed by atoms with van der Waals surface area (Å²) < 4.78 is 22.6. The Labute approximate surface area is 377 Å². The van der Waals surface area contributed by atoms with Crippen molar-refractivity contribution in [3.63, 3.8) is 0 Å². The smallest absolute Gasteiger partial charge is 0.310 e. The minimum Gasteiger partial charge on any atom is -0.490 e. The summed E-state index contributed by atoms with van der Waals surface area (Å²) in [7, 11) is 0. The number of ether oxygens (including phenoxy) is 4. The van der Waals surface area contributed by atoms with Crippen molar-refractivity contribution in [1.82, 2.24) is 4.90 Å². The van der Waals surface area contributed by atoms with E-state index in [4.69, 9.17) is 18.9 Å². The molecule has 1 saturated heterocycles. The van der Waals surface area contributed by atoms with Gasteiger partial charge in [-0.2, -0.15) is 0 Å². The Hall–Kier alpha value is -4.43. The molecule has 1 aliphatic heterocycles. The highest BCUT2D eigenvalue weighted by atomic mass is 16.5. The van der Waals surface area contributed by atoms with Gasteiger partial charge < -0.3 is 18.9 Å². The summed E-state index contributed by atoms with van der Waals surface area (Å²) in [6, 6.07) is 25.0. The third-order valence-corrected chi connectivity index (χ3v) is 13.8. The molecule has 1 unspecified atom stereocenters. The molecule has 1 atom stereocenters. The number of hydrogen-bond donors (Lipinski definition) is 0. The second-order valence-corrected chi connectivity index (χ2v) is 20.1. The van der Waals surface area contributed by atoms with Gasteiger partial charge in [0.05, 0.1) is 37.3 Å². The van der Waals surface area contributed by atoms with Crippen LogP contribution in [0.4, 0.5) is 0 Å². The summed E-state index contributed by atoms with van der Waals surface area (Å²) in [5.41, 5.74) is 2.93. The van der Waals surface area contributed by atoms with E-state index in [1.54, 1.807) is 0 Å². The Bertz CT molecular complexity index is 2080. The second-order valence-electron chi connectivity index (χ2n) is 20.1. The van der Waals surface area contributed by atoms with Crippen molar-refractivity contribution >= 4 is 39.8 Å². The first-order valence-electron chi connectivity index (χ1n) is 24.2. The van der Waals surface area contributed by atoms with Crippen molar-refractivity contribution in [1.29, 1.82) is 0 Å². The van der Waals surface area contributed by atoms with E-state index in [9.17, 15) is 14.4 Å². The van der Waals surface area contributed by atoms with Crippen LogP contribution in [0.3, 0.4) is 0 Å². The average molecular weight is 862 g/mol. The number of carbonyl (C=O) groups excluding carboxylic acids is 3. The molecule has 4 aliphatic rings. The topological polar surface area (TPSA) is 91.4 Å². The van der Waals surface area contributed by atoms with Crippen LogP contribution in [-0.4, -0.2) is 61.6 Å². The number of aldehydes is 1. The van der Waals surface area contributed by atoms with E-state index in [-0.39, 0.29) is 23.8 Å². The van der Waals surface area contributed by atoms with E-state index in [1.165, 1.54) is 61.3 Å². The largest absolute Gasteiger partial charge is 0.490 e. The highest BCUT2D eigenvalue weighted by Crippen LogP contribution is 2.38. The predicted molar refractivity (Wildman–Crippen MR) is 254 cm³/mol. The van der Waals surface area contributed by atoms with Gasteiger partial charge >= 0.3 is 11.9 Å². The molecule has 0 bridgehead atoms. The van der Waals surface area contributed by atoms with Crippen LogP contribution in [0.15, 0.2) is 72.8 Å². The molecule has 4 aromatic carbocycles. The van der Waals surface area contributed by atoms with Gasteiger partial charge in [-0.1, -0.05) is 83.4 Å². The van der Waals surface area contributed by atoms with Crippen LogP contribution in [0, 0.1) is 22.7 Å². The molecule has 8 rings (SSSR count). The van der Waals surface area contributed by atoms with Gasteiger partial charge in [-0.3, -0.25) is 19.3 Å². The molecule has 0 N–H and O–H groups in total. The molecule has 4 fully saturated rings. The summed E-state index contributed by atoms with van der Waals surface area (Å²) in [6.07, 6.45) is 18.8. The van der Waals surface area contributed by atoms with Gasteiger partial charge in [-0.25, -0.2) is 0 Å². The number of piperidine rings is 1. The second kappa shape index (κ2) is 23.0. The third-order valence-electron chi connectivity index (χ3n) is 13.8. The number of benzene rings is 4. The Balaban J connectivity index is 0.000000177. The van der Waals surface area contributed by atoms with Crippen molar-refractivity contribution in [3.05, 3.63) is 83.9 Å². The van der Waals surface area contributed by atoms with Crippen LogP contribution in [0.2, 0.25) is 0 Å². The molecule has 1 heterocycles. The number of nitrogens with zero attached hydrogens (tertiary/aromatic N) is 1. The molecule has 4 aromatic rings. The lowest BCUT2D eigenvalue weighted by atomic mass is 9.76. The number of rotatable bonds is 11. The molecule has 8 heteroatoms. The molecular weight excluding hydrogens is 787 g/mol. The standard InChI is InChI=1S/C27H37NO3.C19H22O2.C9H16O2/c1-4-30-26(29)23-6-5-15-28(19-23)18-20-7-8-22-17-25(10-9-21(22)16-20)31-24-11-13-27(2,3)14-12-24;1-19(2)9-7-17(8-10-19)21-18-6-5-15-11-14(13-20)3-4-16(15)12-18;1-2-11-9(10)8-6-4-3-5-7-8/h7-10,16-17,23-24H,4-6,11-15,18-19H2,1-3H3;3-6,11-13,17H,7-10H2,1-2H3;8H,2-7H2,1H3. The van der Waals surface area contributed by atoms with E-state index in [1.807, 2.05) is 44.2 Å².